The number of nitrogens with zero attached hydrogens (tertiary/aromatic N) is 1. The Kier molecular flexibility index (Phi) is 7.55. The van der Waals surface area contributed by atoms with Crippen LogP contribution in [0.3, 0.4) is 0 Å². The third-order valence-electron chi connectivity index (χ3n) is 5.06. The molecule has 0 spiro atoms. The molecule has 0 bridgehead atoms. The van der Waals surface area contributed by atoms with Gasteiger partial charge < -0.3 is 29.2 Å². The van der Waals surface area contributed by atoms with Gasteiger partial charge in [-0.1, -0.05) is 12.1 Å². The highest BCUT2D eigenvalue weighted by Gasteiger charge is 2.29. The summed E-state index contributed by atoms with van der Waals surface area (Å²) in [6.07, 6.45) is 2.86. The summed E-state index contributed by atoms with van der Waals surface area (Å²) in [6.45, 7) is 1.30. The summed E-state index contributed by atoms with van der Waals surface area (Å²) in [7, 11) is 4.49. The van der Waals surface area contributed by atoms with Gasteiger partial charge in [0.05, 0.1) is 32.7 Å². The predicted octanol–water partition coefficient (Wildman–Crippen LogP) is 3.03. The highest BCUT2D eigenvalue weighted by atomic mass is 16.5. The number of esters is 1. The average Bonchev–Trinajstić information content (AvgIpc) is 2.94. The Hall–Kier alpha value is -4.01. The van der Waals surface area contributed by atoms with Crippen molar-refractivity contribution in [2.75, 3.05) is 38.2 Å². The second kappa shape index (κ2) is 10.5. The van der Waals surface area contributed by atoms with E-state index in [2.05, 4.69) is 5.32 Å². The van der Waals surface area contributed by atoms with E-state index in [1.807, 2.05) is 0 Å². The van der Waals surface area contributed by atoms with Crippen molar-refractivity contribution >= 4 is 35.2 Å². The van der Waals surface area contributed by atoms with Crippen LogP contribution in [0.4, 0.5) is 11.4 Å². The molecule has 2 aromatic carbocycles. The first-order valence-corrected chi connectivity index (χ1v) is 10.2. The molecule has 0 aliphatic carbocycles. The topological polar surface area (TPSA) is 103 Å². The summed E-state index contributed by atoms with van der Waals surface area (Å²) in [6, 6.07) is 9.96. The van der Waals surface area contributed by atoms with Crippen molar-refractivity contribution in [2.45, 2.75) is 19.4 Å². The summed E-state index contributed by atoms with van der Waals surface area (Å²) >= 11 is 0. The van der Waals surface area contributed by atoms with E-state index in [0.717, 1.165) is 0 Å². The fraction of sp³-hybridized carbons (Fsp3) is 0.292. The van der Waals surface area contributed by atoms with Crippen LogP contribution in [0.15, 0.2) is 42.5 Å². The van der Waals surface area contributed by atoms with Gasteiger partial charge in [-0.3, -0.25) is 9.59 Å². The van der Waals surface area contributed by atoms with Gasteiger partial charge in [-0.15, -0.1) is 0 Å². The Bertz CT molecular complexity index is 1060. The van der Waals surface area contributed by atoms with Crippen molar-refractivity contribution in [2.24, 2.45) is 0 Å². The molecular weight excluding hydrogens is 428 g/mol. The van der Waals surface area contributed by atoms with Crippen molar-refractivity contribution in [1.82, 2.24) is 0 Å². The Morgan fingerprint density at radius 2 is 1.76 bits per heavy atom. The largest absolute Gasteiger partial charge is 0.493 e. The monoisotopic (exact) mass is 454 g/mol. The highest BCUT2D eigenvalue weighted by Crippen LogP contribution is 2.38. The summed E-state index contributed by atoms with van der Waals surface area (Å²) in [5.74, 6) is 0.0118. The zero-order valence-electron chi connectivity index (χ0n) is 18.9. The van der Waals surface area contributed by atoms with E-state index in [0.29, 0.717) is 34.2 Å². The van der Waals surface area contributed by atoms with E-state index in [4.69, 9.17) is 18.9 Å². The summed E-state index contributed by atoms with van der Waals surface area (Å²) < 4.78 is 21.0. The SMILES string of the molecule is COc1cc(/C=C/C(=O)OCC(=O)N2c3ccccc3NC(=O)CC2C)cc(OC)c1OC. The molecule has 1 aliphatic heterocycles. The van der Waals surface area contributed by atoms with Crippen LogP contribution < -0.4 is 24.4 Å². The van der Waals surface area contributed by atoms with Gasteiger partial charge in [-0.2, -0.15) is 0 Å². The second-order valence-corrected chi connectivity index (χ2v) is 7.28. The fourth-order valence-corrected chi connectivity index (χ4v) is 3.58. The predicted molar refractivity (Wildman–Crippen MR) is 123 cm³/mol. The smallest absolute Gasteiger partial charge is 0.331 e. The molecule has 9 heteroatoms. The van der Waals surface area contributed by atoms with Crippen LogP contribution in [-0.2, 0) is 19.1 Å². The first-order valence-electron chi connectivity index (χ1n) is 10.2. The number of nitrogens with one attached hydrogen (secondary N) is 1. The molecule has 174 valence electrons. The number of hydrogen-bond donors (Lipinski definition) is 1. The highest BCUT2D eigenvalue weighted by molar-refractivity contribution is 6.05. The Balaban J connectivity index is 1.69. The molecule has 0 saturated heterocycles. The molecule has 9 nitrogen and oxygen atoms in total. The van der Waals surface area contributed by atoms with Gasteiger partial charge in [-0.05, 0) is 42.8 Å². The van der Waals surface area contributed by atoms with E-state index in [1.54, 1.807) is 43.3 Å². The van der Waals surface area contributed by atoms with Crippen LogP contribution in [-0.4, -0.2) is 51.8 Å². The number of rotatable bonds is 7. The lowest BCUT2D eigenvalue weighted by molar-refractivity contribution is -0.143. The van der Waals surface area contributed by atoms with E-state index < -0.39 is 24.5 Å². The van der Waals surface area contributed by atoms with Gasteiger partial charge in [0.1, 0.15) is 0 Å². The molecule has 0 radical (unpaired) electrons. The number of fused-ring (bicyclic) bond motifs is 1. The zero-order valence-corrected chi connectivity index (χ0v) is 18.9. The van der Waals surface area contributed by atoms with Crippen LogP contribution in [0.25, 0.3) is 6.08 Å². The normalized spacial score (nSPS) is 15.3. The lowest BCUT2D eigenvalue weighted by Gasteiger charge is -2.27. The number of amides is 2. The van der Waals surface area contributed by atoms with E-state index in [-0.39, 0.29) is 12.3 Å². The first kappa shape index (κ1) is 23.6. The Labute approximate surface area is 191 Å². The lowest BCUT2D eigenvalue weighted by atomic mass is 10.1. The minimum atomic E-state index is -0.693. The molecule has 1 N–H and O–H groups in total. The van der Waals surface area contributed by atoms with Gasteiger partial charge in [-0.25, -0.2) is 4.79 Å². The molecule has 0 aromatic heterocycles. The molecule has 3 rings (SSSR count). The quantitative estimate of drug-likeness (QED) is 0.507. The van der Waals surface area contributed by atoms with Gasteiger partial charge in [0.25, 0.3) is 5.91 Å². The molecule has 1 heterocycles. The maximum absolute atomic E-state index is 12.9. The average molecular weight is 454 g/mol. The van der Waals surface area contributed by atoms with Gasteiger partial charge in [0, 0.05) is 18.5 Å². The molecule has 33 heavy (non-hydrogen) atoms. The number of hydrogen-bond acceptors (Lipinski definition) is 7. The van der Waals surface area contributed by atoms with Crippen molar-refractivity contribution < 1.29 is 33.3 Å². The third-order valence-corrected chi connectivity index (χ3v) is 5.06. The van der Waals surface area contributed by atoms with Crippen molar-refractivity contribution in [3.8, 4) is 17.2 Å². The van der Waals surface area contributed by atoms with Crippen LogP contribution in [0.2, 0.25) is 0 Å². The summed E-state index contributed by atoms with van der Waals surface area (Å²) in [4.78, 5) is 38.7. The molecule has 1 atom stereocenters. The summed E-state index contributed by atoms with van der Waals surface area (Å²) in [5.41, 5.74) is 1.71. The van der Waals surface area contributed by atoms with Gasteiger partial charge in [0.15, 0.2) is 18.1 Å². The molecule has 0 fully saturated rings. The fourth-order valence-electron chi connectivity index (χ4n) is 3.58. The van der Waals surface area contributed by atoms with Crippen molar-refractivity contribution in [3.05, 3.63) is 48.0 Å². The number of benzene rings is 2. The first-order chi connectivity index (χ1) is 15.9. The third kappa shape index (κ3) is 5.43. The standard InChI is InChI=1S/C24H26N2O7/c1-15-11-21(27)25-17-7-5-6-8-18(17)26(15)22(28)14-33-23(29)10-9-16-12-19(30-2)24(32-4)20(13-16)31-3/h5-10,12-13,15H,11,14H2,1-4H3,(H,25,27)/b10-9+. The maximum atomic E-state index is 12.9. The van der Waals surface area contributed by atoms with E-state index >= 15 is 0 Å². The second-order valence-electron chi connectivity index (χ2n) is 7.28. The number of carbonyl (C=O) groups is 3. The molecule has 0 saturated carbocycles. The van der Waals surface area contributed by atoms with Crippen LogP contribution in [0, 0.1) is 0 Å². The van der Waals surface area contributed by atoms with Crippen LogP contribution in [0.1, 0.15) is 18.9 Å². The molecule has 2 aromatic rings. The molecule has 1 aliphatic rings. The zero-order chi connectivity index (χ0) is 24.0. The van der Waals surface area contributed by atoms with E-state index in [9.17, 15) is 14.4 Å². The Morgan fingerprint density at radius 3 is 2.39 bits per heavy atom. The molecular formula is C24H26N2O7. The lowest BCUT2D eigenvalue weighted by Crippen LogP contribution is -2.41. The number of anilines is 2. The van der Waals surface area contributed by atoms with Crippen molar-refractivity contribution in [3.63, 3.8) is 0 Å². The molecule has 1 unspecified atom stereocenters. The number of para-hydroxylation sites is 2. The number of methoxy groups -OCH3 is 3. The van der Waals surface area contributed by atoms with Crippen LogP contribution >= 0.6 is 0 Å². The van der Waals surface area contributed by atoms with Gasteiger partial charge >= 0.3 is 5.97 Å². The van der Waals surface area contributed by atoms with E-state index in [1.165, 1.54) is 38.4 Å². The Morgan fingerprint density at radius 1 is 1.09 bits per heavy atom. The molecule has 2 amide bonds. The number of carbonyl (C=O) groups excluding carboxylic acids is 3. The van der Waals surface area contributed by atoms with Crippen molar-refractivity contribution in [1.29, 1.82) is 0 Å². The maximum Gasteiger partial charge on any atom is 0.331 e. The number of ether oxygens (including phenoxy) is 4. The minimum Gasteiger partial charge on any atom is -0.493 e. The summed E-state index contributed by atoms with van der Waals surface area (Å²) in [5, 5.41) is 2.79. The minimum absolute atomic E-state index is 0.134. The van der Waals surface area contributed by atoms with Crippen LogP contribution in [0.5, 0.6) is 17.2 Å². The van der Waals surface area contributed by atoms with Gasteiger partial charge in [0.2, 0.25) is 11.7 Å².